The molecule has 0 aliphatic rings. The Morgan fingerprint density at radius 1 is 1.29 bits per heavy atom. The zero-order chi connectivity index (χ0) is 15.2. The van der Waals surface area contributed by atoms with Crippen LogP contribution in [0.2, 0.25) is 0 Å². The molecule has 2 atom stereocenters. The highest BCUT2D eigenvalue weighted by Crippen LogP contribution is 2.17. The van der Waals surface area contributed by atoms with Crippen LogP contribution in [-0.2, 0) is 11.2 Å². The number of carbonyl (C=O) groups is 1. The van der Waals surface area contributed by atoms with Gasteiger partial charge in [-0.1, -0.05) is 42.5 Å². The minimum absolute atomic E-state index is 0.0655. The van der Waals surface area contributed by atoms with Crippen LogP contribution in [0.1, 0.15) is 24.2 Å². The Bertz CT molecular complexity index is 596. The number of rotatable bonds is 6. The summed E-state index contributed by atoms with van der Waals surface area (Å²) in [6, 6.07) is 12.9. The van der Waals surface area contributed by atoms with Gasteiger partial charge in [0.15, 0.2) is 0 Å². The maximum absolute atomic E-state index is 12.4. The Balaban J connectivity index is 2.04. The van der Waals surface area contributed by atoms with Crippen molar-refractivity contribution < 1.29 is 9.21 Å². The van der Waals surface area contributed by atoms with Gasteiger partial charge in [-0.05, 0) is 24.6 Å². The van der Waals surface area contributed by atoms with Gasteiger partial charge in [0.05, 0.1) is 11.3 Å². The summed E-state index contributed by atoms with van der Waals surface area (Å²) < 4.78 is 5.28. The predicted octanol–water partition coefficient (Wildman–Crippen LogP) is 2.40. The minimum Gasteiger partial charge on any atom is -0.469 e. The van der Waals surface area contributed by atoms with Crippen LogP contribution < -0.4 is 11.1 Å². The molecule has 3 N–H and O–H groups in total. The lowest BCUT2D eigenvalue weighted by Gasteiger charge is -2.19. The summed E-state index contributed by atoms with van der Waals surface area (Å²) in [6.07, 6.45) is 2.24. The van der Waals surface area contributed by atoms with Crippen LogP contribution in [0.25, 0.3) is 0 Å². The Kier molecular flexibility index (Phi) is 5.11. The third-order valence-electron chi connectivity index (χ3n) is 3.16. The van der Waals surface area contributed by atoms with E-state index in [1.807, 2.05) is 49.4 Å². The van der Waals surface area contributed by atoms with Gasteiger partial charge in [0.1, 0.15) is 11.7 Å². The predicted molar refractivity (Wildman–Crippen MR) is 86.0 cm³/mol. The number of hydrogen-bond donors (Lipinski definition) is 2. The van der Waals surface area contributed by atoms with Crippen molar-refractivity contribution in [1.29, 1.82) is 0 Å². The fourth-order valence-electron chi connectivity index (χ4n) is 2.20. The Morgan fingerprint density at radius 3 is 2.57 bits per heavy atom. The van der Waals surface area contributed by atoms with Crippen LogP contribution in [0.3, 0.4) is 0 Å². The molecule has 2 rings (SSSR count). The minimum atomic E-state index is -0.611. The zero-order valence-electron chi connectivity index (χ0n) is 11.8. The van der Waals surface area contributed by atoms with E-state index in [-0.39, 0.29) is 16.9 Å². The molecule has 4 nitrogen and oxygen atoms in total. The van der Waals surface area contributed by atoms with E-state index in [0.717, 1.165) is 11.3 Å². The number of carbonyl (C=O) groups excluding carboxylic acids is 1. The van der Waals surface area contributed by atoms with E-state index in [0.29, 0.717) is 6.42 Å². The summed E-state index contributed by atoms with van der Waals surface area (Å²) >= 11 is 5.04. The topological polar surface area (TPSA) is 68.3 Å². The molecular formula is C16H18N2O2S. The van der Waals surface area contributed by atoms with E-state index in [1.165, 1.54) is 0 Å². The molecule has 0 aliphatic carbocycles. The number of benzene rings is 1. The van der Waals surface area contributed by atoms with Crippen LogP contribution >= 0.6 is 12.2 Å². The Morgan fingerprint density at radius 2 is 2.00 bits per heavy atom. The smallest absolute Gasteiger partial charge is 0.234 e. The molecule has 2 unspecified atom stereocenters. The molecule has 1 aromatic heterocycles. The van der Waals surface area contributed by atoms with Crippen LogP contribution in [-0.4, -0.2) is 16.9 Å². The highest BCUT2D eigenvalue weighted by molar-refractivity contribution is 7.80. The van der Waals surface area contributed by atoms with Gasteiger partial charge in [0.25, 0.3) is 0 Å². The fourth-order valence-corrected chi connectivity index (χ4v) is 2.44. The highest BCUT2D eigenvalue weighted by atomic mass is 32.1. The molecule has 0 saturated heterocycles. The molecule has 0 radical (unpaired) electrons. The molecule has 1 heterocycles. The summed E-state index contributed by atoms with van der Waals surface area (Å²) in [6.45, 7) is 1.92. The van der Waals surface area contributed by atoms with Crippen molar-refractivity contribution in [3.63, 3.8) is 0 Å². The van der Waals surface area contributed by atoms with Gasteiger partial charge in [-0.15, -0.1) is 0 Å². The van der Waals surface area contributed by atoms with Crippen molar-refractivity contribution in [3.8, 4) is 0 Å². The molecule has 110 valence electrons. The molecule has 0 aliphatic heterocycles. The molecule has 1 aromatic carbocycles. The van der Waals surface area contributed by atoms with Gasteiger partial charge in [-0.3, -0.25) is 4.79 Å². The van der Waals surface area contributed by atoms with Crippen molar-refractivity contribution in [2.75, 3.05) is 0 Å². The van der Waals surface area contributed by atoms with Gasteiger partial charge < -0.3 is 15.5 Å². The average Bonchev–Trinajstić information content (AvgIpc) is 2.92. The monoisotopic (exact) mass is 302 g/mol. The van der Waals surface area contributed by atoms with Crippen LogP contribution in [0.15, 0.2) is 53.1 Å². The van der Waals surface area contributed by atoms with Crippen LogP contribution in [0.5, 0.6) is 0 Å². The van der Waals surface area contributed by atoms with Gasteiger partial charge in [0, 0.05) is 12.5 Å². The number of nitrogens with one attached hydrogen (secondary N) is 1. The summed E-state index contributed by atoms with van der Waals surface area (Å²) in [5, 5.41) is 2.93. The third kappa shape index (κ3) is 4.16. The Labute approximate surface area is 129 Å². The second kappa shape index (κ2) is 7.04. The zero-order valence-corrected chi connectivity index (χ0v) is 12.6. The molecule has 0 bridgehead atoms. The first-order valence-corrected chi connectivity index (χ1v) is 7.15. The molecule has 5 heteroatoms. The SMILES string of the molecule is CC(Cc1ccco1)NC(=O)C(C(N)=S)c1ccccc1. The second-order valence-electron chi connectivity index (χ2n) is 4.94. The first-order chi connectivity index (χ1) is 10.1. The maximum atomic E-state index is 12.4. The summed E-state index contributed by atoms with van der Waals surface area (Å²) in [5.74, 6) is 0.0300. The van der Waals surface area contributed by atoms with Crippen molar-refractivity contribution in [2.24, 2.45) is 5.73 Å². The summed E-state index contributed by atoms with van der Waals surface area (Å²) in [5.41, 5.74) is 6.53. The fraction of sp³-hybridized carbons (Fsp3) is 0.250. The Hall–Kier alpha value is -2.14. The molecule has 0 fully saturated rings. The molecule has 0 saturated carbocycles. The van der Waals surface area contributed by atoms with Crippen molar-refractivity contribution in [1.82, 2.24) is 5.32 Å². The molecule has 2 aromatic rings. The first-order valence-electron chi connectivity index (χ1n) is 6.75. The number of nitrogens with two attached hydrogens (primary N) is 1. The van der Waals surface area contributed by atoms with Gasteiger partial charge >= 0.3 is 0 Å². The van der Waals surface area contributed by atoms with E-state index in [2.05, 4.69) is 5.32 Å². The van der Waals surface area contributed by atoms with E-state index in [4.69, 9.17) is 22.4 Å². The van der Waals surface area contributed by atoms with Gasteiger partial charge in [-0.25, -0.2) is 0 Å². The standard InChI is InChI=1S/C16H18N2O2S/c1-11(10-13-8-5-9-20-13)18-16(19)14(15(17)21)12-6-3-2-4-7-12/h2-9,11,14H,10H2,1H3,(H2,17,21)(H,18,19). The normalized spacial score (nSPS) is 13.4. The van der Waals surface area contributed by atoms with E-state index in [1.54, 1.807) is 6.26 Å². The van der Waals surface area contributed by atoms with Crippen molar-refractivity contribution in [2.45, 2.75) is 25.3 Å². The van der Waals surface area contributed by atoms with E-state index < -0.39 is 5.92 Å². The van der Waals surface area contributed by atoms with E-state index in [9.17, 15) is 4.79 Å². The highest BCUT2D eigenvalue weighted by Gasteiger charge is 2.24. The first kappa shape index (κ1) is 15.3. The number of furan rings is 1. The van der Waals surface area contributed by atoms with Crippen molar-refractivity contribution in [3.05, 3.63) is 60.1 Å². The second-order valence-corrected chi connectivity index (χ2v) is 5.41. The number of thiocarbonyl (C=S) groups is 1. The lowest BCUT2D eigenvalue weighted by molar-refractivity contribution is -0.121. The van der Waals surface area contributed by atoms with Crippen LogP contribution in [0, 0.1) is 0 Å². The van der Waals surface area contributed by atoms with E-state index >= 15 is 0 Å². The molecule has 0 spiro atoms. The molecule has 1 amide bonds. The molecule has 21 heavy (non-hydrogen) atoms. The largest absolute Gasteiger partial charge is 0.469 e. The molecular weight excluding hydrogens is 284 g/mol. The quantitative estimate of drug-likeness (QED) is 0.804. The maximum Gasteiger partial charge on any atom is 0.234 e. The summed E-state index contributed by atoms with van der Waals surface area (Å²) in [7, 11) is 0. The van der Waals surface area contributed by atoms with Gasteiger partial charge in [-0.2, -0.15) is 0 Å². The lowest BCUT2D eigenvalue weighted by Crippen LogP contribution is -2.41. The third-order valence-corrected chi connectivity index (χ3v) is 3.39. The number of hydrogen-bond acceptors (Lipinski definition) is 3. The van der Waals surface area contributed by atoms with Gasteiger partial charge in [0.2, 0.25) is 5.91 Å². The summed E-state index contributed by atoms with van der Waals surface area (Å²) in [4.78, 5) is 12.6. The van der Waals surface area contributed by atoms with Crippen molar-refractivity contribution >= 4 is 23.1 Å². The van der Waals surface area contributed by atoms with Crippen LogP contribution in [0.4, 0.5) is 0 Å². The number of amides is 1. The lowest BCUT2D eigenvalue weighted by atomic mass is 9.97. The average molecular weight is 302 g/mol.